The lowest BCUT2D eigenvalue weighted by molar-refractivity contribution is -0.121. The number of nitrogen functional groups attached to an aromatic ring is 1. The van der Waals surface area contributed by atoms with Gasteiger partial charge in [-0.25, -0.2) is 9.78 Å². The van der Waals surface area contributed by atoms with Crippen LogP contribution in [-0.4, -0.2) is 47.8 Å². The summed E-state index contributed by atoms with van der Waals surface area (Å²) in [5.41, 5.74) is 11.3. The number of aromatic carboxylic acids is 1. The first-order valence-corrected chi connectivity index (χ1v) is 5.63. The zero-order chi connectivity index (χ0) is 14.0. The first-order valence-electron chi connectivity index (χ1n) is 5.63. The van der Waals surface area contributed by atoms with E-state index in [2.05, 4.69) is 4.98 Å². The van der Waals surface area contributed by atoms with Gasteiger partial charge in [0.05, 0.1) is 24.5 Å². The van der Waals surface area contributed by atoms with Crippen molar-refractivity contribution in [3.05, 3.63) is 17.8 Å². The Bertz CT molecular complexity index is 519. The molecule has 8 nitrogen and oxygen atoms in total. The molecule has 0 radical (unpaired) electrons. The van der Waals surface area contributed by atoms with Gasteiger partial charge < -0.3 is 26.2 Å². The number of primary amides is 1. The van der Waals surface area contributed by atoms with Crippen LogP contribution in [0.15, 0.2) is 12.3 Å². The Hall–Kier alpha value is -2.35. The molecule has 19 heavy (non-hydrogen) atoms. The summed E-state index contributed by atoms with van der Waals surface area (Å²) in [7, 11) is 0. The lowest BCUT2D eigenvalue weighted by Crippen LogP contribution is -2.53. The van der Waals surface area contributed by atoms with E-state index in [0.29, 0.717) is 19.0 Å². The molecule has 5 N–H and O–H groups in total. The third-order valence-electron chi connectivity index (χ3n) is 2.87. The number of carbonyl (C=O) groups is 2. The number of pyridine rings is 1. The summed E-state index contributed by atoms with van der Waals surface area (Å²) in [5, 5.41) is 8.85. The van der Waals surface area contributed by atoms with Crippen molar-refractivity contribution in [3.63, 3.8) is 0 Å². The predicted molar refractivity (Wildman–Crippen MR) is 66.8 cm³/mol. The molecule has 0 spiro atoms. The molecule has 1 aliphatic heterocycles. The average molecular weight is 266 g/mol. The van der Waals surface area contributed by atoms with Crippen LogP contribution in [-0.2, 0) is 9.53 Å². The van der Waals surface area contributed by atoms with E-state index < -0.39 is 17.9 Å². The third-order valence-corrected chi connectivity index (χ3v) is 2.87. The number of anilines is 2. The zero-order valence-electron chi connectivity index (χ0n) is 10.1. The number of nitrogens with zero attached hydrogens (tertiary/aromatic N) is 2. The highest BCUT2D eigenvalue weighted by Gasteiger charge is 2.30. The average Bonchev–Trinajstić information content (AvgIpc) is 2.38. The molecule has 102 valence electrons. The van der Waals surface area contributed by atoms with E-state index in [9.17, 15) is 9.59 Å². The molecule has 1 fully saturated rings. The van der Waals surface area contributed by atoms with E-state index in [1.165, 1.54) is 12.3 Å². The van der Waals surface area contributed by atoms with Crippen LogP contribution in [0.5, 0.6) is 0 Å². The molecule has 0 bridgehead atoms. The van der Waals surface area contributed by atoms with Crippen LogP contribution in [0, 0.1) is 0 Å². The highest BCUT2D eigenvalue weighted by atomic mass is 16.5. The summed E-state index contributed by atoms with van der Waals surface area (Å²) in [5.74, 6) is -1.31. The lowest BCUT2D eigenvalue weighted by Gasteiger charge is -2.35. The van der Waals surface area contributed by atoms with Crippen LogP contribution in [0.4, 0.5) is 11.5 Å². The van der Waals surface area contributed by atoms with Crippen molar-refractivity contribution in [2.24, 2.45) is 5.73 Å². The standard InChI is InChI=1S/C11H14N4O4/c12-7-3-6(11(17)18)4-14-10(7)15-1-2-19-5-8(15)9(13)16/h3-4,8H,1-2,5,12H2,(H2,13,16)(H,17,18). The number of hydrogen-bond acceptors (Lipinski definition) is 6. The summed E-state index contributed by atoms with van der Waals surface area (Å²) in [6, 6.07) is 0.650. The van der Waals surface area contributed by atoms with E-state index in [1.54, 1.807) is 4.90 Å². The third kappa shape index (κ3) is 2.58. The van der Waals surface area contributed by atoms with Gasteiger partial charge >= 0.3 is 5.97 Å². The van der Waals surface area contributed by atoms with E-state index in [1.807, 2.05) is 0 Å². The predicted octanol–water partition coefficient (Wildman–Crippen LogP) is -0.947. The number of rotatable bonds is 3. The molecule has 0 saturated carbocycles. The quantitative estimate of drug-likeness (QED) is 0.642. The Morgan fingerprint density at radius 3 is 2.84 bits per heavy atom. The van der Waals surface area contributed by atoms with Gasteiger partial charge in [-0.2, -0.15) is 0 Å². The molecule has 1 aromatic rings. The molecule has 1 atom stereocenters. The van der Waals surface area contributed by atoms with Gasteiger partial charge in [-0.1, -0.05) is 0 Å². The van der Waals surface area contributed by atoms with Gasteiger partial charge in [0.2, 0.25) is 5.91 Å². The van der Waals surface area contributed by atoms with Crippen LogP contribution in [0.3, 0.4) is 0 Å². The highest BCUT2D eigenvalue weighted by molar-refractivity contribution is 5.90. The number of carboxylic acid groups (broad SMARTS) is 1. The second-order valence-electron chi connectivity index (χ2n) is 4.13. The van der Waals surface area contributed by atoms with Crippen molar-refractivity contribution >= 4 is 23.4 Å². The molecule has 2 rings (SSSR count). The number of carboxylic acids is 1. The number of nitrogens with two attached hydrogens (primary N) is 2. The Morgan fingerprint density at radius 2 is 2.26 bits per heavy atom. The maximum absolute atomic E-state index is 11.4. The lowest BCUT2D eigenvalue weighted by atomic mass is 10.2. The van der Waals surface area contributed by atoms with E-state index in [-0.39, 0.29) is 17.9 Å². The number of hydrogen-bond donors (Lipinski definition) is 3. The van der Waals surface area contributed by atoms with Gasteiger partial charge in [-0.05, 0) is 6.07 Å². The SMILES string of the molecule is NC(=O)C1COCCN1c1ncc(C(=O)O)cc1N. The molecule has 1 saturated heterocycles. The Labute approximate surface area is 109 Å². The Kier molecular flexibility index (Phi) is 3.52. The molecular weight excluding hydrogens is 252 g/mol. The monoisotopic (exact) mass is 266 g/mol. The first-order chi connectivity index (χ1) is 9.00. The molecule has 0 aromatic carbocycles. The minimum Gasteiger partial charge on any atom is -0.478 e. The minimum absolute atomic E-state index is 0.00913. The van der Waals surface area contributed by atoms with Crippen LogP contribution in [0.2, 0.25) is 0 Å². The van der Waals surface area contributed by atoms with Crippen LogP contribution < -0.4 is 16.4 Å². The summed E-state index contributed by atoms with van der Waals surface area (Å²) < 4.78 is 5.19. The van der Waals surface area contributed by atoms with Crippen molar-refractivity contribution in [1.82, 2.24) is 4.98 Å². The van der Waals surface area contributed by atoms with Gasteiger partial charge in [0, 0.05) is 12.7 Å². The van der Waals surface area contributed by atoms with Crippen molar-refractivity contribution in [1.29, 1.82) is 0 Å². The molecule has 1 unspecified atom stereocenters. The van der Waals surface area contributed by atoms with E-state index >= 15 is 0 Å². The van der Waals surface area contributed by atoms with Crippen LogP contribution >= 0.6 is 0 Å². The maximum atomic E-state index is 11.4. The minimum atomic E-state index is -1.11. The second kappa shape index (κ2) is 5.11. The van der Waals surface area contributed by atoms with Gasteiger partial charge in [-0.3, -0.25) is 4.79 Å². The van der Waals surface area contributed by atoms with E-state index in [0.717, 1.165) is 0 Å². The van der Waals surface area contributed by atoms with Crippen molar-refractivity contribution in [3.8, 4) is 0 Å². The summed E-state index contributed by atoms with van der Waals surface area (Å²) in [4.78, 5) is 27.8. The van der Waals surface area contributed by atoms with Crippen LogP contribution in [0.25, 0.3) is 0 Å². The van der Waals surface area contributed by atoms with Gasteiger partial charge in [0.25, 0.3) is 0 Å². The van der Waals surface area contributed by atoms with Crippen molar-refractivity contribution < 1.29 is 19.4 Å². The number of carbonyl (C=O) groups excluding carboxylic acids is 1. The normalized spacial score (nSPS) is 19.2. The van der Waals surface area contributed by atoms with E-state index in [4.69, 9.17) is 21.3 Å². The first kappa shape index (κ1) is 13.1. The summed E-state index contributed by atoms with van der Waals surface area (Å²) >= 11 is 0. The fourth-order valence-corrected chi connectivity index (χ4v) is 1.92. The molecule has 1 aromatic heterocycles. The van der Waals surface area contributed by atoms with Crippen LogP contribution in [0.1, 0.15) is 10.4 Å². The molecule has 8 heteroatoms. The Morgan fingerprint density at radius 1 is 1.53 bits per heavy atom. The maximum Gasteiger partial charge on any atom is 0.337 e. The largest absolute Gasteiger partial charge is 0.478 e. The topological polar surface area (TPSA) is 132 Å². The molecule has 0 aliphatic carbocycles. The van der Waals surface area contributed by atoms with Gasteiger partial charge in [-0.15, -0.1) is 0 Å². The molecule has 1 aliphatic rings. The fourth-order valence-electron chi connectivity index (χ4n) is 1.92. The Balaban J connectivity index is 2.34. The fraction of sp³-hybridized carbons (Fsp3) is 0.364. The second-order valence-corrected chi connectivity index (χ2v) is 4.13. The molecule has 1 amide bonds. The highest BCUT2D eigenvalue weighted by Crippen LogP contribution is 2.24. The number of morpholine rings is 1. The summed E-state index contributed by atoms with van der Waals surface area (Å²) in [6.45, 7) is 1.000. The molecule has 2 heterocycles. The number of amides is 1. The van der Waals surface area contributed by atoms with Gasteiger partial charge in [0.1, 0.15) is 6.04 Å². The summed E-state index contributed by atoms with van der Waals surface area (Å²) in [6.07, 6.45) is 1.20. The zero-order valence-corrected chi connectivity index (χ0v) is 10.1. The number of aromatic nitrogens is 1. The van der Waals surface area contributed by atoms with Gasteiger partial charge in [0.15, 0.2) is 5.82 Å². The smallest absolute Gasteiger partial charge is 0.337 e. The van der Waals surface area contributed by atoms with Crippen molar-refractivity contribution in [2.45, 2.75) is 6.04 Å². The molecular formula is C11H14N4O4. The number of ether oxygens (including phenoxy) is 1. The van der Waals surface area contributed by atoms with Crippen molar-refractivity contribution in [2.75, 3.05) is 30.4 Å².